The average Bonchev–Trinajstić information content (AvgIpc) is 3.17. The van der Waals surface area contributed by atoms with Gasteiger partial charge in [0.15, 0.2) is 0 Å². The zero-order valence-electron chi connectivity index (χ0n) is 13.5. The Bertz CT molecular complexity index is 903. The zero-order valence-corrected chi connectivity index (χ0v) is 14.3. The molecule has 1 amide bonds. The molecule has 2 aromatic carbocycles. The van der Waals surface area contributed by atoms with Gasteiger partial charge in [-0.3, -0.25) is 4.79 Å². The van der Waals surface area contributed by atoms with Crippen molar-refractivity contribution in [2.45, 2.75) is 0 Å². The third kappa shape index (κ3) is 3.70. The van der Waals surface area contributed by atoms with Crippen LogP contribution >= 0.6 is 11.3 Å². The van der Waals surface area contributed by atoms with Crippen LogP contribution in [-0.4, -0.2) is 19.0 Å². The third-order valence-corrected chi connectivity index (χ3v) is 4.59. The van der Waals surface area contributed by atoms with Gasteiger partial charge in [-0.2, -0.15) is 0 Å². The van der Waals surface area contributed by atoms with Gasteiger partial charge in [0.1, 0.15) is 0 Å². The summed E-state index contributed by atoms with van der Waals surface area (Å²) in [6.07, 6.45) is 0. The Labute approximate surface area is 149 Å². The highest BCUT2D eigenvalue weighted by Crippen LogP contribution is 2.30. The molecule has 0 saturated heterocycles. The van der Waals surface area contributed by atoms with E-state index in [2.05, 4.69) is 10.1 Å². The molecule has 3 aromatic rings. The van der Waals surface area contributed by atoms with Crippen molar-refractivity contribution in [2.24, 2.45) is 0 Å². The SMILES string of the molecule is COC(=O)c1ccc(C(=O)Nc2cc(-c3cccs3)ccc2N)cc1. The number of nitrogens with two attached hydrogens (primary N) is 1. The van der Waals surface area contributed by atoms with E-state index in [-0.39, 0.29) is 5.91 Å². The maximum atomic E-state index is 12.4. The molecule has 5 nitrogen and oxygen atoms in total. The first-order valence-corrected chi connectivity index (χ1v) is 8.39. The number of nitrogen functional groups attached to an aromatic ring is 1. The number of thiophene rings is 1. The molecule has 0 unspecified atom stereocenters. The third-order valence-electron chi connectivity index (χ3n) is 3.68. The molecule has 0 aliphatic carbocycles. The number of carbonyl (C=O) groups is 2. The summed E-state index contributed by atoms with van der Waals surface area (Å²) in [4.78, 5) is 25.0. The highest BCUT2D eigenvalue weighted by atomic mass is 32.1. The predicted octanol–water partition coefficient (Wildman–Crippen LogP) is 4.04. The van der Waals surface area contributed by atoms with E-state index in [0.29, 0.717) is 22.5 Å². The van der Waals surface area contributed by atoms with Crippen LogP contribution in [-0.2, 0) is 4.74 Å². The van der Waals surface area contributed by atoms with Gasteiger partial charge in [-0.1, -0.05) is 12.1 Å². The summed E-state index contributed by atoms with van der Waals surface area (Å²) in [5, 5.41) is 4.81. The van der Waals surface area contributed by atoms with Crippen LogP contribution in [0.2, 0.25) is 0 Å². The number of esters is 1. The average molecular weight is 352 g/mol. The quantitative estimate of drug-likeness (QED) is 0.548. The molecule has 0 bridgehead atoms. The second-order valence-electron chi connectivity index (χ2n) is 5.30. The van der Waals surface area contributed by atoms with Crippen LogP contribution in [0.3, 0.4) is 0 Å². The normalized spacial score (nSPS) is 10.3. The molecule has 0 aliphatic heterocycles. The lowest BCUT2D eigenvalue weighted by atomic mass is 10.1. The molecule has 0 atom stereocenters. The molecule has 3 N–H and O–H groups in total. The highest BCUT2D eigenvalue weighted by molar-refractivity contribution is 7.13. The molecule has 0 spiro atoms. The van der Waals surface area contributed by atoms with Gasteiger partial charge in [-0.15, -0.1) is 11.3 Å². The number of amides is 1. The Balaban J connectivity index is 1.81. The summed E-state index contributed by atoms with van der Waals surface area (Å²) in [6, 6.07) is 15.7. The van der Waals surface area contributed by atoms with Gasteiger partial charge in [0.05, 0.1) is 24.0 Å². The van der Waals surface area contributed by atoms with Gasteiger partial charge in [0.25, 0.3) is 5.91 Å². The van der Waals surface area contributed by atoms with Gasteiger partial charge in [-0.05, 0) is 53.4 Å². The van der Waals surface area contributed by atoms with Crippen molar-refractivity contribution in [1.29, 1.82) is 0 Å². The molecule has 0 radical (unpaired) electrons. The topological polar surface area (TPSA) is 81.4 Å². The van der Waals surface area contributed by atoms with E-state index in [0.717, 1.165) is 10.4 Å². The van der Waals surface area contributed by atoms with Crippen molar-refractivity contribution in [2.75, 3.05) is 18.2 Å². The predicted molar refractivity (Wildman–Crippen MR) is 99.9 cm³/mol. The van der Waals surface area contributed by atoms with Crippen LogP contribution in [0.4, 0.5) is 11.4 Å². The fourth-order valence-corrected chi connectivity index (χ4v) is 3.05. The van der Waals surface area contributed by atoms with Crippen molar-refractivity contribution in [3.8, 4) is 10.4 Å². The molecule has 6 heteroatoms. The maximum absolute atomic E-state index is 12.4. The number of hydrogen-bond donors (Lipinski definition) is 2. The first kappa shape index (κ1) is 16.7. The summed E-state index contributed by atoms with van der Waals surface area (Å²) in [5.41, 5.74) is 8.81. The number of methoxy groups -OCH3 is 1. The standard InChI is InChI=1S/C19H16N2O3S/c1-24-19(23)13-6-4-12(5-7-13)18(22)21-16-11-14(8-9-15(16)20)17-3-2-10-25-17/h2-11H,20H2,1H3,(H,21,22). The number of ether oxygens (including phenoxy) is 1. The van der Waals surface area contributed by atoms with Crippen LogP contribution in [0.25, 0.3) is 10.4 Å². The molecule has 126 valence electrons. The lowest BCUT2D eigenvalue weighted by molar-refractivity contribution is 0.0600. The van der Waals surface area contributed by atoms with Gasteiger partial charge in [0.2, 0.25) is 0 Å². The van der Waals surface area contributed by atoms with Crippen molar-refractivity contribution in [3.63, 3.8) is 0 Å². The maximum Gasteiger partial charge on any atom is 0.337 e. The molecular weight excluding hydrogens is 336 g/mol. The molecular formula is C19H16N2O3S. The van der Waals surface area contributed by atoms with Crippen LogP contribution in [0.1, 0.15) is 20.7 Å². The fraction of sp³-hybridized carbons (Fsp3) is 0.0526. The smallest absolute Gasteiger partial charge is 0.337 e. The Morgan fingerprint density at radius 3 is 2.40 bits per heavy atom. The molecule has 1 heterocycles. The number of benzene rings is 2. The van der Waals surface area contributed by atoms with E-state index in [4.69, 9.17) is 5.73 Å². The minimum atomic E-state index is -0.445. The second kappa shape index (κ2) is 7.19. The van der Waals surface area contributed by atoms with E-state index in [1.165, 1.54) is 7.11 Å². The Morgan fingerprint density at radius 2 is 1.76 bits per heavy atom. The van der Waals surface area contributed by atoms with Gasteiger partial charge < -0.3 is 15.8 Å². The Kier molecular flexibility index (Phi) is 4.81. The largest absolute Gasteiger partial charge is 0.465 e. The summed E-state index contributed by atoms with van der Waals surface area (Å²) in [6.45, 7) is 0. The summed E-state index contributed by atoms with van der Waals surface area (Å²) >= 11 is 1.61. The zero-order chi connectivity index (χ0) is 17.8. The van der Waals surface area contributed by atoms with Gasteiger partial charge in [0, 0.05) is 10.4 Å². The lowest BCUT2D eigenvalue weighted by Gasteiger charge is -2.10. The van der Waals surface area contributed by atoms with Crippen molar-refractivity contribution >= 4 is 34.6 Å². The molecule has 0 fully saturated rings. The number of carbonyl (C=O) groups excluding carboxylic acids is 2. The van der Waals surface area contributed by atoms with Crippen LogP contribution in [0.5, 0.6) is 0 Å². The summed E-state index contributed by atoms with van der Waals surface area (Å²) in [5.74, 6) is -0.744. The molecule has 25 heavy (non-hydrogen) atoms. The first-order valence-electron chi connectivity index (χ1n) is 7.51. The number of nitrogens with one attached hydrogen (secondary N) is 1. The van der Waals surface area contributed by atoms with Crippen LogP contribution in [0, 0.1) is 0 Å². The van der Waals surface area contributed by atoms with E-state index in [9.17, 15) is 9.59 Å². The second-order valence-corrected chi connectivity index (χ2v) is 6.25. The number of hydrogen-bond acceptors (Lipinski definition) is 5. The van der Waals surface area contributed by atoms with E-state index >= 15 is 0 Å². The molecule has 3 rings (SSSR count). The highest BCUT2D eigenvalue weighted by Gasteiger charge is 2.11. The molecule has 1 aromatic heterocycles. The van der Waals surface area contributed by atoms with Gasteiger partial charge >= 0.3 is 5.97 Å². The minimum Gasteiger partial charge on any atom is -0.465 e. The van der Waals surface area contributed by atoms with E-state index < -0.39 is 5.97 Å². The monoisotopic (exact) mass is 352 g/mol. The van der Waals surface area contributed by atoms with E-state index in [1.54, 1.807) is 41.7 Å². The van der Waals surface area contributed by atoms with Crippen LogP contribution < -0.4 is 11.1 Å². The lowest BCUT2D eigenvalue weighted by Crippen LogP contribution is -2.13. The Hall–Kier alpha value is -3.12. The van der Waals surface area contributed by atoms with E-state index in [1.807, 2.05) is 29.6 Å². The summed E-state index contributed by atoms with van der Waals surface area (Å²) < 4.78 is 4.64. The van der Waals surface area contributed by atoms with Crippen molar-refractivity contribution in [1.82, 2.24) is 0 Å². The summed E-state index contributed by atoms with van der Waals surface area (Å²) in [7, 11) is 1.31. The molecule has 0 saturated carbocycles. The first-order chi connectivity index (χ1) is 12.1. The molecule has 0 aliphatic rings. The Morgan fingerprint density at radius 1 is 1.04 bits per heavy atom. The fourth-order valence-electron chi connectivity index (χ4n) is 2.33. The number of anilines is 2. The van der Waals surface area contributed by atoms with Crippen molar-refractivity contribution in [3.05, 3.63) is 71.1 Å². The van der Waals surface area contributed by atoms with Crippen LogP contribution in [0.15, 0.2) is 60.0 Å². The minimum absolute atomic E-state index is 0.300. The van der Waals surface area contributed by atoms with Gasteiger partial charge in [-0.25, -0.2) is 4.79 Å². The number of rotatable bonds is 4. The van der Waals surface area contributed by atoms with Crippen molar-refractivity contribution < 1.29 is 14.3 Å².